The summed E-state index contributed by atoms with van der Waals surface area (Å²) < 4.78 is 1.93. The molecule has 150 valence electrons. The maximum atomic E-state index is 13.2. The lowest BCUT2D eigenvalue weighted by Gasteiger charge is -2.23. The van der Waals surface area contributed by atoms with Crippen LogP contribution in [-0.2, 0) is 11.8 Å². The van der Waals surface area contributed by atoms with Crippen LogP contribution in [0.25, 0.3) is 22.0 Å². The second-order valence-electron chi connectivity index (χ2n) is 7.31. The van der Waals surface area contributed by atoms with Crippen LogP contribution >= 0.6 is 23.2 Å². The summed E-state index contributed by atoms with van der Waals surface area (Å²) in [7, 11) is 3.51. The van der Waals surface area contributed by atoms with Crippen LogP contribution in [-0.4, -0.2) is 40.9 Å². The van der Waals surface area contributed by atoms with E-state index in [0.717, 1.165) is 28.5 Å². The Bertz CT molecular complexity index is 1100. The first kappa shape index (κ1) is 19.8. The number of likely N-dealkylation sites (tertiary alicyclic amines) is 1. The predicted octanol–water partition coefficient (Wildman–Crippen LogP) is 4.50. The monoisotopic (exact) mass is 429 g/mol. The number of benzene rings is 2. The number of carbonyl (C=O) groups excluding carboxylic acids is 2. The smallest absolute Gasteiger partial charge is 0.256 e. The molecule has 1 unspecified atom stereocenters. The molecule has 1 aromatic heterocycles. The van der Waals surface area contributed by atoms with Gasteiger partial charge in [-0.05, 0) is 48.2 Å². The summed E-state index contributed by atoms with van der Waals surface area (Å²) in [4.78, 5) is 27.1. The van der Waals surface area contributed by atoms with E-state index in [9.17, 15) is 9.59 Å². The summed E-state index contributed by atoms with van der Waals surface area (Å²) >= 11 is 12.3. The number of halogens is 2. The molecule has 0 radical (unpaired) electrons. The molecule has 0 bridgehead atoms. The maximum absolute atomic E-state index is 13.2. The van der Waals surface area contributed by atoms with Gasteiger partial charge in [0.1, 0.15) is 6.04 Å². The van der Waals surface area contributed by atoms with Gasteiger partial charge < -0.3 is 14.8 Å². The number of nitrogens with zero attached hydrogens (tertiary/aromatic N) is 2. The molecule has 0 spiro atoms. The number of aryl methyl sites for hydroxylation is 1. The molecule has 1 saturated heterocycles. The Morgan fingerprint density at radius 1 is 1.07 bits per heavy atom. The molecule has 4 rings (SSSR count). The lowest BCUT2D eigenvalue weighted by molar-refractivity contribution is -0.124. The average Bonchev–Trinajstić information content (AvgIpc) is 3.31. The van der Waals surface area contributed by atoms with E-state index in [-0.39, 0.29) is 11.8 Å². The number of amides is 2. The van der Waals surface area contributed by atoms with E-state index in [1.165, 1.54) is 0 Å². The van der Waals surface area contributed by atoms with Crippen molar-refractivity contribution >= 4 is 45.9 Å². The first-order chi connectivity index (χ1) is 13.9. The summed E-state index contributed by atoms with van der Waals surface area (Å²) in [5, 5.41) is 4.67. The topological polar surface area (TPSA) is 54.3 Å². The van der Waals surface area contributed by atoms with Crippen molar-refractivity contribution in [3.8, 4) is 11.1 Å². The second kappa shape index (κ2) is 7.73. The van der Waals surface area contributed by atoms with Gasteiger partial charge in [0.25, 0.3) is 5.91 Å². The van der Waals surface area contributed by atoms with Gasteiger partial charge in [0, 0.05) is 47.8 Å². The lowest BCUT2D eigenvalue weighted by Crippen LogP contribution is -2.44. The van der Waals surface area contributed by atoms with Crippen molar-refractivity contribution < 1.29 is 9.59 Å². The van der Waals surface area contributed by atoms with E-state index in [1.54, 1.807) is 18.0 Å². The standard InChI is InChI=1S/C22H21Cl2N3O2/c1-25-21(28)19-4-3-7-27(19)22(29)18-12-26(2)20-10-13(5-6-17(18)20)14-8-15(23)11-16(24)9-14/h5-6,8-12,19H,3-4,7H2,1-2H3,(H,25,28). The van der Waals surface area contributed by atoms with Gasteiger partial charge in [0.2, 0.25) is 5.91 Å². The molecule has 0 saturated carbocycles. The number of aromatic nitrogens is 1. The third-order valence-electron chi connectivity index (χ3n) is 5.48. The Balaban J connectivity index is 1.74. The maximum Gasteiger partial charge on any atom is 0.256 e. The number of fused-ring (bicyclic) bond motifs is 1. The Labute approximate surface area is 179 Å². The van der Waals surface area contributed by atoms with E-state index >= 15 is 0 Å². The Kier molecular flexibility index (Phi) is 5.28. The molecular weight excluding hydrogens is 409 g/mol. The minimum Gasteiger partial charge on any atom is -0.357 e. The Hall–Kier alpha value is -2.50. The fourth-order valence-electron chi connectivity index (χ4n) is 4.06. The molecule has 0 aliphatic carbocycles. The zero-order valence-corrected chi connectivity index (χ0v) is 17.7. The van der Waals surface area contributed by atoms with Crippen molar-refractivity contribution in [3.63, 3.8) is 0 Å². The fraction of sp³-hybridized carbons (Fsp3) is 0.273. The molecule has 5 nitrogen and oxygen atoms in total. The molecule has 1 aliphatic rings. The molecule has 7 heteroatoms. The van der Waals surface area contributed by atoms with Gasteiger partial charge in [0.15, 0.2) is 0 Å². The van der Waals surface area contributed by atoms with Crippen molar-refractivity contribution in [1.82, 2.24) is 14.8 Å². The molecular formula is C22H21Cl2N3O2. The predicted molar refractivity (Wildman–Crippen MR) is 117 cm³/mol. The van der Waals surface area contributed by atoms with E-state index in [2.05, 4.69) is 5.32 Å². The summed E-state index contributed by atoms with van der Waals surface area (Å²) in [6.07, 6.45) is 3.35. The number of nitrogens with one attached hydrogen (secondary N) is 1. The first-order valence-corrected chi connectivity index (χ1v) is 10.2. The van der Waals surface area contributed by atoms with Gasteiger partial charge >= 0.3 is 0 Å². The normalized spacial score (nSPS) is 16.4. The molecule has 3 aromatic rings. The van der Waals surface area contributed by atoms with Gasteiger partial charge in [-0.15, -0.1) is 0 Å². The third-order valence-corrected chi connectivity index (χ3v) is 5.92. The van der Waals surface area contributed by atoms with Crippen LogP contribution in [0.2, 0.25) is 10.0 Å². The van der Waals surface area contributed by atoms with Gasteiger partial charge in [-0.1, -0.05) is 35.3 Å². The summed E-state index contributed by atoms with van der Waals surface area (Å²) in [6, 6.07) is 10.9. The van der Waals surface area contributed by atoms with E-state index in [4.69, 9.17) is 23.2 Å². The second-order valence-corrected chi connectivity index (χ2v) is 8.19. The van der Waals surface area contributed by atoms with Crippen molar-refractivity contribution in [2.24, 2.45) is 7.05 Å². The van der Waals surface area contributed by atoms with Gasteiger partial charge in [-0.3, -0.25) is 9.59 Å². The zero-order chi connectivity index (χ0) is 20.7. The van der Waals surface area contributed by atoms with E-state index < -0.39 is 6.04 Å². The van der Waals surface area contributed by atoms with Gasteiger partial charge in [0.05, 0.1) is 5.56 Å². The van der Waals surface area contributed by atoms with Crippen LogP contribution in [0, 0.1) is 0 Å². The molecule has 1 atom stereocenters. The van der Waals surface area contributed by atoms with Crippen LogP contribution in [0.4, 0.5) is 0 Å². The highest BCUT2D eigenvalue weighted by atomic mass is 35.5. The highest BCUT2D eigenvalue weighted by Gasteiger charge is 2.35. The van der Waals surface area contributed by atoms with E-state index in [1.807, 2.05) is 48.1 Å². The Morgan fingerprint density at radius 3 is 2.48 bits per heavy atom. The lowest BCUT2D eigenvalue weighted by atomic mass is 10.0. The average molecular weight is 430 g/mol. The molecule has 1 fully saturated rings. The van der Waals surface area contributed by atoms with Crippen molar-refractivity contribution in [2.45, 2.75) is 18.9 Å². The van der Waals surface area contributed by atoms with Crippen LogP contribution in [0.15, 0.2) is 42.6 Å². The number of hydrogen-bond acceptors (Lipinski definition) is 2. The molecule has 1 aliphatic heterocycles. The zero-order valence-electron chi connectivity index (χ0n) is 16.2. The van der Waals surface area contributed by atoms with Crippen molar-refractivity contribution in [3.05, 3.63) is 58.2 Å². The molecule has 29 heavy (non-hydrogen) atoms. The summed E-state index contributed by atoms with van der Waals surface area (Å²) in [6.45, 7) is 0.590. The molecule has 1 N–H and O–H groups in total. The highest BCUT2D eigenvalue weighted by Crippen LogP contribution is 2.32. The highest BCUT2D eigenvalue weighted by molar-refractivity contribution is 6.35. The largest absolute Gasteiger partial charge is 0.357 e. The molecule has 2 heterocycles. The van der Waals surface area contributed by atoms with Gasteiger partial charge in [-0.2, -0.15) is 0 Å². The number of carbonyl (C=O) groups is 2. The molecule has 2 amide bonds. The Morgan fingerprint density at radius 2 is 1.79 bits per heavy atom. The number of likely N-dealkylation sites (N-methyl/N-ethyl adjacent to an activating group) is 1. The third kappa shape index (κ3) is 3.61. The first-order valence-electron chi connectivity index (χ1n) is 9.47. The summed E-state index contributed by atoms with van der Waals surface area (Å²) in [5.41, 5.74) is 3.41. The SMILES string of the molecule is CNC(=O)C1CCCN1C(=O)c1cn(C)c2cc(-c3cc(Cl)cc(Cl)c3)ccc12. The van der Waals surface area contributed by atoms with Crippen LogP contribution in [0.3, 0.4) is 0 Å². The van der Waals surface area contributed by atoms with Crippen LogP contribution < -0.4 is 5.32 Å². The van der Waals surface area contributed by atoms with Crippen molar-refractivity contribution in [1.29, 1.82) is 0 Å². The number of hydrogen-bond donors (Lipinski definition) is 1. The van der Waals surface area contributed by atoms with E-state index in [0.29, 0.717) is 28.6 Å². The molecule has 2 aromatic carbocycles. The van der Waals surface area contributed by atoms with Crippen LogP contribution in [0.1, 0.15) is 23.2 Å². The van der Waals surface area contributed by atoms with Crippen LogP contribution in [0.5, 0.6) is 0 Å². The minimum absolute atomic E-state index is 0.111. The summed E-state index contributed by atoms with van der Waals surface area (Å²) in [5.74, 6) is -0.226. The van der Waals surface area contributed by atoms with Gasteiger partial charge in [-0.25, -0.2) is 0 Å². The fourth-order valence-corrected chi connectivity index (χ4v) is 4.58. The number of rotatable bonds is 3. The minimum atomic E-state index is -0.407. The van der Waals surface area contributed by atoms with Crippen molar-refractivity contribution in [2.75, 3.05) is 13.6 Å². The quantitative estimate of drug-likeness (QED) is 0.665.